The Hall–Kier alpha value is -2.19. The molecule has 8 heteroatoms. The third-order valence-corrected chi connectivity index (χ3v) is 4.86. The van der Waals surface area contributed by atoms with Crippen LogP contribution in [0.25, 0.3) is 0 Å². The first kappa shape index (κ1) is 15.7. The van der Waals surface area contributed by atoms with E-state index >= 15 is 0 Å². The zero-order valence-electron chi connectivity index (χ0n) is 12.7. The molecule has 1 aromatic carbocycles. The molecule has 0 aliphatic carbocycles. The molecule has 118 valence electrons. The number of rotatable bonds is 5. The molecule has 6 nitrogen and oxygen atoms in total. The first-order chi connectivity index (χ1) is 11.1. The number of carbonyl (C=O) groups excluding carboxylic acids is 1. The van der Waals surface area contributed by atoms with Crippen molar-refractivity contribution in [1.29, 1.82) is 0 Å². The molecular formula is C15H15N5OS2. The molecule has 23 heavy (non-hydrogen) atoms. The predicted octanol–water partition coefficient (Wildman–Crippen LogP) is 3.42. The van der Waals surface area contributed by atoms with Crippen molar-refractivity contribution in [3.05, 3.63) is 51.7 Å². The number of aryl methyl sites for hydroxylation is 2. The van der Waals surface area contributed by atoms with Gasteiger partial charge in [0.25, 0.3) is 5.91 Å². The summed E-state index contributed by atoms with van der Waals surface area (Å²) >= 11 is 3.35. The molecule has 0 spiro atoms. The molecule has 0 unspecified atom stereocenters. The molecule has 3 aromatic rings. The lowest BCUT2D eigenvalue weighted by molar-refractivity contribution is 0.102. The summed E-state index contributed by atoms with van der Waals surface area (Å²) in [4.78, 5) is 21.7. The number of anilines is 1. The second-order valence-corrected chi connectivity index (χ2v) is 6.98. The Morgan fingerprint density at radius 1 is 1.26 bits per heavy atom. The third kappa shape index (κ3) is 4.17. The van der Waals surface area contributed by atoms with Gasteiger partial charge in [-0.15, -0.1) is 28.2 Å². The molecule has 0 atom stereocenters. The van der Waals surface area contributed by atoms with Crippen molar-refractivity contribution in [1.82, 2.24) is 20.2 Å². The first-order valence-corrected chi connectivity index (χ1v) is 8.81. The van der Waals surface area contributed by atoms with Crippen LogP contribution in [0, 0.1) is 13.8 Å². The highest BCUT2D eigenvalue weighted by Gasteiger charge is 2.09. The Balaban J connectivity index is 1.58. The number of aromatic amines is 1. The number of nitrogens with one attached hydrogen (secondary N) is 2. The largest absolute Gasteiger partial charge is 0.289 e. The van der Waals surface area contributed by atoms with Gasteiger partial charge in [0.05, 0.1) is 10.7 Å². The quantitative estimate of drug-likeness (QED) is 0.692. The van der Waals surface area contributed by atoms with Crippen LogP contribution in [0.5, 0.6) is 0 Å². The molecule has 0 aliphatic rings. The lowest BCUT2D eigenvalue weighted by Crippen LogP contribution is -2.12. The minimum Gasteiger partial charge on any atom is -0.289 e. The molecule has 0 fully saturated rings. The normalized spacial score (nSPS) is 10.7. The van der Waals surface area contributed by atoms with Gasteiger partial charge in [0, 0.05) is 21.6 Å². The molecule has 0 radical (unpaired) electrons. The van der Waals surface area contributed by atoms with Gasteiger partial charge in [0.15, 0.2) is 0 Å². The number of carbonyl (C=O) groups is 1. The van der Waals surface area contributed by atoms with E-state index in [-0.39, 0.29) is 11.9 Å². The van der Waals surface area contributed by atoms with Crippen LogP contribution in [0.4, 0.5) is 5.95 Å². The topological polar surface area (TPSA) is 83.6 Å². The van der Waals surface area contributed by atoms with E-state index in [1.165, 1.54) is 0 Å². The Kier molecular flexibility index (Phi) is 4.73. The molecule has 3 rings (SSSR count). The zero-order chi connectivity index (χ0) is 16.2. The van der Waals surface area contributed by atoms with Crippen LogP contribution in [0.1, 0.15) is 26.9 Å². The van der Waals surface area contributed by atoms with Crippen LogP contribution in [0.3, 0.4) is 0 Å². The number of H-pyrrole nitrogens is 1. The van der Waals surface area contributed by atoms with Gasteiger partial charge in [0.2, 0.25) is 5.95 Å². The molecular weight excluding hydrogens is 330 g/mol. The summed E-state index contributed by atoms with van der Waals surface area (Å²) in [5.74, 6) is 1.54. The molecule has 2 heterocycles. The van der Waals surface area contributed by atoms with Gasteiger partial charge < -0.3 is 0 Å². The van der Waals surface area contributed by atoms with Gasteiger partial charge in [-0.1, -0.05) is 0 Å². The fourth-order valence-corrected chi connectivity index (χ4v) is 3.42. The van der Waals surface area contributed by atoms with E-state index in [9.17, 15) is 4.79 Å². The number of hydrogen-bond acceptors (Lipinski definition) is 6. The number of hydrogen-bond donors (Lipinski definition) is 2. The lowest BCUT2D eigenvalue weighted by Gasteiger charge is -2.03. The first-order valence-electron chi connectivity index (χ1n) is 6.94. The molecule has 2 aromatic heterocycles. The van der Waals surface area contributed by atoms with Crippen LogP contribution in [-0.2, 0) is 5.75 Å². The summed E-state index contributed by atoms with van der Waals surface area (Å²) < 4.78 is 0. The Bertz CT molecular complexity index is 809. The van der Waals surface area contributed by atoms with Crippen molar-refractivity contribution < 1.29 is 4.79 Å². The van der Waals surface area contributed by atoms with Crippen molar-refractivity contribution in [2.24, 2.45) is 0 Å². The Labute approximate surface area is 141 Å². The van der Waals surface area contributed by atoms with Crippen LogP contribution in [0.2, 0.25) is 0 Å². The maximum Gasteiger partial charge on any atom is 0.258 e. The van der Waals surface area contributed by atoms with Crippen molar-refractivity contribution in [2.75, 3.05) is 5.32 Å². The van der Waals surface area contributed by atoms with Crippen molar-refractivity contribution in [2.45, 2.75) is 24.5 Å². The van der Waals surface area contributed by atoms with Gasteiger partial charge in [-0.05, 0) is 38.1 Å². The minimum absolute atomic E-state index is 0.226. The maximum absolute atomic E-state index is 12.1. The van der Waals surface area contributed by atoms with Crippen LogP contribution >= 0.6 is 23.1 Å². The van der Waals surface area contributed by atoms with Gasteiger partial charge in [0.1, 0.15) is 5.82 Å². The zero-order valence-corrected chi connectivity index (χ0v) is 14.3. The molecule has 0 aliphatic heterocycles. The number of thiazole rings is 1. The van der Waals surface area contributed by atoms with Crippen LogP contribution in [-0.4, -0.2) is 26.1 Å². The van der Waals surface area contributed by atoms with Crippen molar-refractivity contribution in [3.63, 3.8) is 0 Å². The van der Waals surface area contributed by atoms with Gasteiger partial charge in [-0.2, -0.15) is 4.98 Å². The maximum atomic E-state index is 12.1. The number of amides is 1. The fourth-order valence-electron chi connectivity index (χ4n) is 1.91. The van der Waals surface area contributed by atoms with Crippen LogP contribution in [0.15, 0.2) is 34.5 Å². The average molecular weight is 345 g/mol. The highest BCUT2D eigenvalue weighted by atomic mass is 32.2. The van der Waals surface area contributed by atoms with E-state index < -0.39 is 0 Å². The number of aromatic nitrogens is 4. The number of nitrogens with zero attached hydrogens (tertiary/aromatic N) is 3. The average Bonchev–Trinajstić information content (AvgIpc) is 3.14. The standard InChI is InChI=1S/C15H15N5OS2/c1-9-16-15(20-19-9)18-14(21)11-3-5-13(6-4-11)23-8-12-7-22-10(2)17-12/h3-7H,8H2,1-2H3,(H2,16,18,19,20,21). The van der Waals surface area contributed by atoms with E-state index in [4.69, 9.17) is 0 Å². The highest BCUT2D eigenvalue weighted by Crippen LogP contribution is 2.24. The SMILES string of the molecule is Cc1nc(NC(=O)c2ccc(SCc3csc(C)n3)cc2)n[nH]1. The summed E-state index contributed by atoms with van der Waals surface area (Å²) in [6.07, 6.45) is 0. The minimum atomic E-state index is -0.226. The number of benzene rings is 1. The van der Waals surface area contributed by atoms with E-state index in [2.05, 4.69) is 30.9 Å². The van der Waals surface area contributed by atoms with Gasteiger partial charge >= 0.3 is 0 Å². The van der Waals surface area contributed by atoms with E-state index in [1.807, 2.05) is 19.1 Å². The molecule has 1 amide bonds. The smallest absolute Gasteiger partial charge is 0.258 e. The second kappa shape index (κ2) is 6.93. The third-order valence-electron chi connectivity index (χ3n) is 2.99. The van der Waals surface area contributed by atoms with E-state index in [0.29, 0.717) is 11.4 Å². The van der Waals surface area contributed by atoms with Gasteiger partial charge in [-0.25, -0.2) is 4.98 Å². The number of thioether (sulfide) groups is 1. The van der Waals surface area contributed by atoms with Gasteiger partial charge in [-0.3, -0.25) is 15.2 Å². The van der Waals surface area contributed by atoms with Crippen molar-refractivity contribution in [3.8, 4) is 0 Å². The molecule has 0 bridgehead atoms. The lowest BCUT2D eigenvalue weighted by atomic mass is 10.2. The Morgan fingerprint density at radius 3 is 2.65 bits per heavy atom. The van der Waals surface area contributed by atoms with E-state index in [1.54, 1.807) is 42.2 Å². The van der Waals surface area contributed by atoms with Crippen molar-refractivity contribution >= 4 is 35.0 Å². The summed E-state index contributed by atoms with van der Waals surface area (Å²) in [6.45, 7) is 3.78. The van der Waals surface area contributed by atoms with Crippen LogP contribution < -0.4 is 5.32 Å². The Morgan fingerprint density at radius 2 is 2.04 bits per heavy atom. The predicted molar refractivity (Wildman–Crippen MR) is 91.9 cm³/mol. The summed E-state index contributed by atoms with van der Waals surface area (Å²) in [5.41, 5.74) is 1.65. The monoisotopic (exact) mass is 345 g/mol. The molecule has 0 saturated heterocycles. The molecule has 0 saturated carbocycles. The van der Waals surface area contributed by atoms with E-state index in [0.717, 1.165) is 21.3 Å². The fraction of sp³-hybridized carbons (Fsp3) is 0.200. The summed E-state index contributed by atoms with van der Waals surface area (Å²) in [5, 5.41) is 12.4. The second-order valence-electron chi connectivity index (χ2n) is 4.87. The summed E-state index contributed by atoms with van der Waals surface area (Å²) in [7, 11) is 0. The highest BCUT2D eigenvalue weighted by molar-refractivity contribution is 7.98. The molecule has 2 N–H and O–H groups in total. The summed E-state index contributed by atoms with van der Waals surface area (Å²) in [6, 6.07) is 7.46.